The second-order valence-corrected chi connectivity index (χ2v) is 11.1. The van der Waals surface area contributed by atoms with Crippen LogP contribution in [0.4, 0.5) is 5.82 Å². The number of aryl methyl sites for hydroxylation is 1. The van der Waals surface area contributed by atoms with Crippen molar-refractivity contribution >= 4 is 43.0 Å². The SMILES string of the molecule is C/C(=C(\CCOP(=O)(O)O)SC(=O)/C=C/c1ccc(OCc2ccccc2)cc1)N(C=O)Cc1cnc(C)nc1N. The Kier molecular flexibility index (Phi) is 11.8. The van der Waals surface area contributed by atoms with E-state index in [0.29, 0.717) is 40.8 Å². The molecule has 3 rings (SSSR count). The molecule has 2 aromatic carbocycles. The third-order valence-electron chi connectivity index (χ3n) is 5.67. The summed E-state index contributed by atoms with van der Waals surface area (Å²) in [6.45, 7) is 3.41. The fourth-order valence-electron chi connectivity index (χ4n) is 3.51. The number of anilines is 1. The number of hydrogen-bond donors (Lipinski definition) is 3. The molecule has 11 nitrogen and oxygen atoms in total. The lowest BCUT2D eigenvalue weighted by Crippen LogP contribution is -2.22. The van der Waals surface area contributed by atoms with E-state index in [1.165, 1.54) is 17.2 Å². The monoisotopic (exact) mass is 598 g/mol. The Morgan fingerprint density at radius 3 is 2.49 bits per heavy atom. The number of ether oxygens (including phenoxy) is 1. The van der Waals surface area contributed by atoms with Crippen molar-refractivity contribution in [2.24, 2.45) is 0 Å². The number of aromatic nitrogens is 2. The van der Waals surface area contributed by atoms with Crippen LogP contribution in [-0.4, -0.2) is 42.8 Å². The smallest absolute Gasteiger partial charge is 0.469 e. The number of carbonyl (C=O) groups excluding carboxylic acids is 2. The van der Waals surface area contributed by atoms with Crippen molar-refractivity contribution < 1.29 is 33.2 Å². The van der Waals surface area contributed by atoms with Gasteiger partial charge in [-0.05, 0) is 54.9 Å². The van der Waals surface area contributed by atoms with Gasteiger partial charge in [0, 0.05) is 28.8 Å². The summed E-state index contributed by atoms with van der Waals surface area (Å²) in [5, 5.41) is -0.357. The van der Waals surface area contributed by atoms with Gasteiger partial charge in [0.15, 0.2) is 0 Å². The summed E-state index contributed by atoms with van der Waals surface area (Å²) < 4.78 is 21.5. The zero-order chi connectivity index (χ0) is 29.8. The van der Waals surface area contributed by atoms with Crippen LogP contribution in [0.3, 0.4) is 0 Å². The van der Waals surface area contributed by atoms with Crippen molar-refractivity contribution in [2.75, 3.05) is 12.3 Å². The van der Waals surface area contributed by atoms with E-state index in [-0.39, 0.29) is 30.5 Å². The second kappa shape index (κ2) is 15.3. The van der Waals surface area contributed by atoms with Crippen molar-refractivity contribution in [1.29, 1.82) is 0 Å². The Morgan fingerprint density at radius 2 is 1.85 bits per heavy atom. The number of carbonyl (C=O) groups is 2. The molecule has 0 aliphatic carbocycles. The van der Waals surface area contributed by atoms with Crippen molar-refractivity contribution in [3.8, 4) is 5.75 Å². The number of nitrogens with two attached hydrogens (primary N) is 1. The zero-order valence-corrected chi connectivity index (χ0v) is 24.3. The third-order valence-corrected chi connectivity index (χ3v) is 7.28. The normalized spacial score (nSPS) is 12.2. The number of rotatable bonds is 14. The summed E-state index contributed by atoms with van der Waals surface area (Å²) in [5.74, 6) is 1.38. The molecule has 0 saturated carbocycles. The molecular formula is C28H31N4O7PS. The number of hydrogen-bond acceptors (Lipinski definition) is 9. The maximum absolute atomic E-state index is 12.9. The number of allylic oxidation sites excluding steroid dienone is 1. The zero-order valence-electron chi connectivity index (χ0n) is 22.5. The van der Waals surface area contributed by atoms with Crippen molar-refractivity contribution in [2.45, 2.75) is 33.4 Å². The maximum Gasteiger partial charge on any atom is 0.469 e. The van der Waals surface area contributed by atoms with E-state index >= 15 is 0 Å². The standard InChI is InChI=1S/C28H31N4O7PS/c1-20(32(19-33)17-24-16-30-21(2)31-28(24)29)26(14-15-39-40(35,36)37)41-27(34)13-10-22-8-11-25(12-9-22)38-18-23-6-4-3-5-7-23/h3-13,16,19H,14-15,17-18H2,1-2H3,(H2,29,30,31)(H2,35,36,37)/b13-10+,26-20-. The molecule has 41 heavy (non-hydrogen) atoms. The number of benzene rings is 2. The molecule has 4 N–H and O–H groups in total. The maximum atomic E-state index is 12.9. The molecule has 216 valence electrons. The van der Waals surface area contributed by atoms with E-state index in [1.807, 2.05) is 42.5 Å². The molecule has 1 aromatic heterocycles. The van der Waals surface area contributed by atoms with E-state index in [4.69, 9.17) is 20.3 Å². The van der Waals surface area contributed by atoms with E-state index in [1.54, 1.807) is 32.1 Å². The van der Waals surface area contributed by atoms with Crippen LogP contribution in [0.5, 0.6) is 5.75 Å². The van der Waals surface area contributed by atoms with Gasteiger partial charge in [-0.3, -0.25) is 14.1 Å². The lowest BCUT2D eigenvalue weighted by Gasteiger charge is -2.22. The molecule has 1 amide bonds. The summed E-state index contributed by atoms with van der Waals surface area (Å²) in [5.41, 5.74) is 8.67. The average Bonchev–Trinajstić information content (AvgIpc) is 2.94. The first-order valence-corrected chi connectivity index (χ1v) is 14.7. The van der Waals surface area contributed by atoms with Crippen LogP contribution in [0.2, 0.25) is 0 Å². The van der Waals surface area contributed by atoms with E-state index < -0.39 is 7.82 Å². The number of thioether (sulfide) groups is 1. The first-order valence-electron chi connectivity index (χ1n) is 12.4. The van der Waals surface area contributed by atoms with E-state index in [9.17, 15) is 14.2 Å². The van der Waals surface area contributed by atoms with Gasteiger partial charge >= 0.3 is 7.82 Å². The van der Waals surface area contributed by atoms with Gasteiger partial charge in [-0.2, -0.15) is 0 Å². The Labute approximate surface area is 242 Å². The van der Waals surface area contributed by atoms with Crippen molar-refractivity contribution in [3.05, 3.63) is 100.0 Å². The summed E-state index contributed by atoms with van der Waals surface area (Å²) in [4.78, 5) is 52.8. The molecule has 13 heteroatoms. The summed E-state index contributed by atoms with van der Waals surface area (Å²) in [7, 11) is -4.72. The van der Waals surface area contributed by atoms with Crippen LogP contribution >= 0.6 is 19.6 Å². The number of nitrogens with zero attached hydrogens (tertiary/aromatic N) is 3. The molecule has 0 spiro atoms. The van der Waals surface area contributed by atoms with Crippen LogP contribution in [-0.2, 0) is 31.8 Å². The fraction of sp³-hybridized carbons (Fsp3) is 0.214. The molecule has 0 saturated heterocycles. The van der Waals surface area contributed by atoms with Gasteiger partial charge in [0.2, 0.25) is 11.5 Å². The highest BCUT2D eigenvalue weighted by Gasteiger charge is 2.19. The van der Waals surface area contributed by atoms with Gasteiger partial charge in [-0.15, -0.1) is 0 Å². The molecule has 0 bridgehead atoms. The predicted octanol–water partition coefficient (Wildman–Crippen LogP) is 4.61. The number of nitrogen functional groups attached to an aromatic ring is 1. The van der Waals surface area contributed by atoms with Gasteiger partial charge in [-0.25, -0.2) is 14.5 Å². The molecular weight excluding hydrogens is 567 g/mol. The van der Waals surface area contributed by atoms with Gasteiger partial charge in [-0.1, -0.05) is 48.5 Å². The Bertz CT molecular complexity index is 1440. The average molecular weight is 599 g/mol. The first-order chi connectivity index (χ1) is 19.5. The molecule has 1 heterocycles. The van der Waals surface area contributed by atoms with Crippen LogP contribution in [0.25, 0.3) is 6.08 Å². The Balaban J connectivity index is 1.70. The molecule has 0 unspecified atom stereocenters. The molecule has 0 fully saturated rings. The van der Waals surface area contributed by atoms with Crippen LogP contribution in [0.15, 0.2) is 77.5 Å². The number of amides is 1. The quantitative estimate of drug-likeness (QED) is 0.135. The van der Waals surface area contributed by atoms with Crippen LogP contribution in [0.1, 0.15) is 35.9 Å². The Hall–Kier alpha value is -3.80. The molecule has 0 aliphatic heterocycles. The topological polar surface area (TPSA) is 165 Å². The first kappa shape index (κ1) is 31.7. The molecule has 0 atom stereocenters. The molecule has 0 radical (unpaired) electrons. The minimum absolute atomic E-state index is 0.0289. The second-order valence-electron chi connectivity index (χ2n) is 8.74. The minimum atomic E-state index is -4.72. The summed E-state index contributed by atoms with van der Waals surface area (Å²) in [6.07, 6.45) is 5.06. The Morgan fingerprint density at radius 1 is 1.15 bits per heavy atom. The highest BCUT2D eigenvalue weighted by Crippen LogP contribution is 2.37. The highest BCUT2D eigenvalue weighted by atomic mass is 32.2. The summed E-state index contributed by atoms with van der Waals surface area (Å²) >= 11 is 0.826. The highest BCUT2D eigenvalue weighted by molar-refractivity contribution is 8.17. The van der Waals surface area contributed by atoms with E-state index in [2.05, 4.69) is 14.5 Å². The number of phosphoric ester groups is 1. The predicted molar refractivity (Wildman–Crippen MR) is 157 cm³/mol. The van der Waals surface area contributed by atoms with Gasteiger partial charge < -0.3 is 25.2 Å². The van der Waals surface area contributed by atoms with Gasteiger partial charge in [0.1, 0.15) is 24.0 Å². The van der Waals surface area contributed by atoms with Gasteiger partial charge in [0.25, 0.3) is 0 Å². The lowest BCUT2D eigenvalue weighted by atomic mass is 10.2. The fourth-order valence-corrected chi connectivity index (χ4v) is 4.67. The van der Waals surface area contributed by atoms with Gasteiger partial charge in [0.05, 0.1) is 13.2 Å². The van der Waals surface area contributed by atoms with Crippen LogP contribution < -0.4 is 10.5 Å². The number of phosphoric acid groups is 1. The lowest BCUT2D eigenvalue weighted by molar-refractivity contribution is -0.117. The third kappa shape index (κ3) is 10.9. The molecule has 0 aliphatic rings. The largest absolute Gasteiger partial charge is 0.489 e. The van der Waals surface area contributed by atoms with Crippen LogP contribution in [0, 0.1) is 6.92 Å². The molecule has 3 aromatic rings. The minimum Gasteiger partial charge on any atom is -0.489 e. The summed E-state index contributed by atoms with van der Waals surface area (Å²) in [6, 6.07) is 17.0. The van der Waals surface area contributed by atoms with Crippen molar-refractivity contribution in [3.63, 3.8) is 0 Å². The van der Waals surface area contributed by atoms with E-state index in [0.717, 1.165) is 22.9 Å². The van der Waals surface area contributed by atoms with Crippen molar-refractivity contribution in [1.82, 2.24) is 14.9 Å².